The van der Waals surface area contributed by atoms with E-state index in [4.69, 9.17) is 4.74 Å². The van der Waals surface area contributed by atoms with E-state index in [1.165, 1.54) is 24.8 Å². The van der Waals surface area contributed by atoms with Crippen molar-refractivity contribution in [2.45, 2.75) is 51.6 Å². The van der Waals surface area contributed by atoms with Crippen molar-refractivity contribution in [1.82, 2.24) is 5.32 Å². The largest absolute Gasteiger partial charge is 0.496 e. The number of hydrogen-bond acceptors (Lipinski definition) is 2. The highest BCUT2D eigenvalue weighted by Crippen LogP contribution is 2.34. The van der Waals surface area contributed by atoms with E-state index in [0.29, 0.717) is 12.1 Å². The average Bonchev–Trinajstić information content (AvgIpc) is 3.21. The van der Waals surface area contributed by atoms with Gasteiger partial charge in [0, 0.05) is 12.1 Å². The van der Waals surface area contributed by atoms with Gasteiger partial charge in [0.15, 0.2) is 0 Å². The first-order chi connectivity index (χ1) is 8.74. The number of benzene rings is 1. The predicted octanol–water partition coefficient (Wildman–Crippen LogP) is 3.40. The predicted molar refractivity (Wildman–Crippen MR) is 76.1 cm³/mol. The zero-order chi connectivity index (χ0) is 13.0. The molecule has 2 nitrogen and oxygen atoms in total. The molecule has 1 saturated carbocycles. The van der Waals surface area contributed by atoms with Crippen LogP contribution < -0.4 is 10.1 Å². The summed E-state index contributed by atoms with van der Waals surface area (Å²) in [6, 6.07) is 9.53. The standard InChI is InChI=1S/C16H25NO/c1-4-15(13-9-10-13)17-12(2)11-14-7-5-6-8-16(14)18-3/h5-8,12-13,15,17H,4,9-11H2,1-3H3. The van der Waals surface area contributed by atoms with E-state index in [-0.39, 0.29) is 0 Å². The van der Waals surface area contributed by atoms with Gasteiger partial charge in [0.1, 0.15) is 5.75 Å². The normalized spacial score (nSPS) is 18.4. The zero-order valence-electron chi connectivity index (χ0n) is 11.8. The van der Waals surface area contributed by atoms with Crippen LogP contribution >= 0.6 is 0 Å². The van der Waals surface area contributed by atoms with Crippen LogP contribution in [0, 0.1) is 5.92 Å². The van der Waals surface area contributed by atoms with E-state index in [1.54, 1.807) is 7.11 Å². The summed E-state index contributed by atoms with van der Waals surface area (Å²) in [7, 11) is 1.75. The molecule has 0 heterocycles. The lowest BCUT2D eigenvalue weighted by atomic mass is 10.0. The molecule has 0 aliphatic heterocycles. The van der Waals surface area contributed by atoms with Crippen molar-refractivity contribution in [2.75, 3.05) is 7.11 Å². The highest BCUT2D eigenvalue weighted by atomic mass is 16.5. The van der Waals surface area contributed by atoms with Crippen LogP contribution in [0.5, 0.6) is 5.75 Å². The molecular weight excluding hydrogens is 222 g/mol. The van der Waals surface area contributed by atoms with Gasteiger partial charge in [-0.1, -0.05) is 25.1 Å². The highest BCUT2D eigenvalue weighted by Gasteiger charge is 2.30. The molecule has 1 N–H and O–H groups in total. The molecule has 1 aromatic carbocycles. The van der Waals surface area contributed by atoms with Crippen molar-refractivity contribution in [3.63, 3.8) is 0 Å². The third-order valence-electron chi connectivity index (χ3n) is 3.85. The molecule has 100 valence electrons. The van der Waals surface area contributed by atoms with Gasteiger partial charge in [0.25, 0.3) is 0 Å². The van der Waals surface area contributed by atoms with Crippen molar-refractivity contribution < 1.29 is 4.74 Å². The molecule has 1 aromatic rings. The molecule has 1 aliphatic carbocycles. The second kappa shape index (κ2) is 6.24. The van der Waals surface area contributed by atoms with Gasteiger partial charge in [-0.25, -0.2) is 0 Å². The Morgan fingerprint density at radius 3 is 2.67 bits per heavy atom. The Balaban J connectivity index is 1.91. The minimum Gasteiger partial charge on any atom is -0.496 e. The maximum Gasteiger partial charge on any atom is 0.122 e. The Labute approximate surface area is 111 Å². The first-order valence-corrected chi connectivity index (χ1v) is 7.12. The number of nitrogens with one attached hydrogen (secondary N) is 1. The number of hydrogen-bond donors (Lipinski definition) is 1. The van der Waals surface area contributed by atoms with E-state index in [1.807, 2.05) is 12.1 Å². The fourth-order valence-corrected chi connectivity index (χ4v) is 2.71. The summed E-state index contributed by atoms with van der Waals surface area (Å²) in [4.78, 5) is 0. The minimum absolute atomic E-state index is 0.506. The summed E-state index contributed by atoms with van der Waals surface area (Å²) in [5.74, 6) is 1.93. The van der Waals surface area contributed by atoms with Gasteiger partial charge in [-0.05, 0) is 50.2 Å². The van der Waals surface area contributed by atoms with Crippen LogP contribution in [-0.2, 0) is 6.42 Å². The fourth-order valence-electron chi connectivity index (χ4n) is 2.71. The molecule has 0 aromatic heterocycles. The summed E-state index contributed by atoms with van der Waals surface area (Å²) in [6.45, 7) is 4.56. The molecular formula is C16H25NO. The Kier molecular flexibility index (Phi) is 4.65. The van der Waals surface area contributed by atoms with E-state index >= 15 is 0 Å². The lowest BCUT2D eigenvalue weighted by Gasteiger charge is -2.22. The molecule has 0 saturated heterocycles. The van der Waals surface area contributed by atoms with Crippen LogP contribution in [0.2, 0.25) is 0 Å². The zero-order valence-corrected chi connectivity index (χ0v) is 11.8. The van der Waals surface area contributed by atoms with Crippen LogP contribution in [0.4, 0.5) is 0 Å². The average molecular weight is 247 g/mol. The van der Waals surface area contributed by atoms with Crippen molar-refractivity contribution in [2.24, 2.45) is 5.92 Å². The Bertz CT molecular complexity index is 373. The third kappa shape index (κ3) is 3.49. The van der Waals surface area contributed by atoms with Gasteiger partial charge in [-0.15, -0.1) is 0 Å². The van der Waals surface area contributed by atoms with Crippen molar-refractivity contribution in [1.29, 1.82) is 0 Å². The van der Waals surface area contributed by atoms with Gasteiger partial charge in [-0.3, -0.25) is 0 Å². The fraction of sp³-hybridized carbons (Fsp3) is 0.625. The highest BCUT2D eigenvalue weighted by molar-refractivity contribution is 5.33. The van der Waals surface area contributed by atoms with E-state index in [9.17, 15) is 0 Å². The molecule has 2 heteroatoms. The van der Waals surface area contributed by atoms with Gasteiger partial charge in [0.05, 0.1) is 7.11 Å². The quantitative estimate of drug-likeness (QED) is 0.797. The molecule has 0 amide bonds. The number of methoxy groups -OCH3 is 1. The lowest BCUT2D eigenvalue weighted by Crippen LogP contribution is -2.38. The van der Waals surface area contributed by atoms with Crippen LogP contribution in [0.3, 0.4) is 0 Å². The van der Waals surface area contributed by atoms with Crippen molar-refractivity contribution >= 4 is 0 Å². The van der Waals surface area contributed by atoms with Crippen molar-refractivity contribution in [3.05, 3.63) is 29.8 Å². The summed E-state index contributed by atoms with van der Waals surface area (Å²) in [5.41, 5.74) is 1.30. The summed E-state index contributed by atoms with van der Waals surface area (Å²) in [5, 5.41) is 3.77. The first-order valence-electron chi connectivity index (χ1n) is 7.12. The molecule has 0 spiro atoms. The Morgan fingerprint density at radius 1 is 1.33 bits per heavy atom. The van der Waals surface area contributed by atoms with Gasteiger partial charge >= 0.3 is 0 Å². The Hall–Kier alpha value is -1.02. The molecule has 1 aliphatic rings. The monoisotopic (exact) mass is 247 g/mol. The van der Waals surface area contributed by atoms with Crippen LogP contribution in [0.1, 0.15) is 38.7 Å². The molecule has 2 unspecified atom stereocenters. The number of rotatable bonds is 7. The summed E-state index contributed by atoms with van der Waals surface area (Å²) in [6.07, 6.45) is 5.09. The number of ether oxygens (including phenoxy) is 1. The topological polar surface area (TPSA) is 21.3 Å². The smallest absolute Gasteiger partial charge is 0.122 e. The Morgan fingerprint density at radius 2 is 2.06 bits per heavy atom. The molecule has 1 fully saturated rings. The SMILES string of the molecule is CCC(NC(C)Cc1ccccc1OC)C1CC1. The van der Waals surface area contributed by atoms with Gasteiger partial charge in [-0.2, -0.15) is 0 Å². The maximum atomic E-state index is 5.41. The van der Waals surface area contributed by atoms with Crippen LogP contribution in [0.25, 0.3) is 0 Å². The summed E-state index contributed by atoms with van der Waals surface area (Å²) < 4.78 is 5.41. The first kappa shape index (κ1) is 13.4. The van der Waals surface area contributed by atoms with Crippen molar-refractivity contribution in [3.8, 4) is 5.75 Å². The maximum absolute atomic E-state index is 5.41. The second-order valence-corrected chi connectivity index (χ2v) is 5.44. The van der Waals surface area contributed by atoms with E-state index < -0.39 is 0 Å². The molecule has 0 radical (unpaired) electrons. The van der Waals surface area contributed by atoms with Crippen LogP contribution in [0.15, 0.2) is 24.3 Å². The molecule has 0 bridgehead atoms. The second-order valence-electron chi connectivity index (χ2n) is 5.44. The van der Waals surface area contributed by atoms with Gasteiger partial charge in [0.2, 0.25) is 0 Å². The molecule has 2 atom stereocenters. The van der Waals surface area contributed by atoms with E-state index in [2.05, 4.69) is 31.3 Å². The lowest BCUT2D eigenvalue weighted by molar-refractivity contribution is 0.384. The molecule has 2 rings (SSSR count). The van der Waals surface area contributed by atoms with Gasteiger partial charge < -0.3 is 10.1 Å². The molecule has 18 heavy (non-hydrogen) atoms. The summed E-state index contributed by atoms with van der Waals surface area (Å²) >= 11 is 0. The number of para-hydroxylation sites is 1. The third-order valence-corrected chi connectivity index (χ3v) is 3.85. The minimum atomic E-state index is 0.506. The van der Waals surface area contributed by atoms with E-state index in [0.717, 1.165) is 18.1 Å². The van der Waals surface area contributed by atoms with Crippen LogP contribution in [-0.4, -0.2) is 19.2 Å².